The van der Waals surface area contributed by atoms with Crippen LogP contribution in [-0.4, -0.2) is 41.1 Å². The van der Waals surface area contributed by atoms with Crippen molar-refractivity contribution < 1.29 is 32.8 Å². The Kier molecular flexibility index (Phi) is 5.24. The van der Waals surface area contributed by atoms with E-state index in [1.54, 1.807) is 0 Å². The first kappa shape index (κ1) is 16.9. The Bertz CT molecular complexity index is 657. The van der Waals surface area contributed by atoms with Crippen molar-refractivity contribution in [3.63, 3.8) is 0 Å². The molecule has 0 fully saturated rings. The molecule has 0 bridgehead atoms. The van der Waals surface area contributed by atoms with E-state index in [2.05, 4.69) is 5.32 Å². The number of aromatic hydroxyl groups is 1. The lowest BCUT2D eigenvalue weighted by Gasteiger charge is -2.09. The van der Waals surface area contributed by atoms with Gasteiger partial charge in [-0.2, -0.15) is 8.42 Å². The molecule has 6 N–H and O–H groups in total. The fourth-order valence-electron chi connectivity index (χ4n) is 1.40. The fourth-order valence-corrected chi connectivity index (χ4v) is 1.91. The molecular weight excluding hydrogens is 304 g/mol. The van der Waals surface area contributed by atoms with E-state index in [1.807, 2.05) is 0 Å². The summed E-state index contributed by atoms with van der Waals surface area (Å²) in [7, 11) is -4.47. The van der Waals surface area contributed by atoms with Gasteiger partial charge in [-0.05, 0) is 24.6 Å². The molecule has 1 rings (SSSR count). The van der Waals surface area contributed by atoms with Crippen LogP contribution in [0.25, 0.3) is 0 Å². The molecule has 116 valence electrons. The zero-order valence-electron chi connectivity index (χ0n) is 10.7. The van der Waals surface area contributed by atoms with Gasteiger partial charge in [0.15, 0.2) is 0 Å². The van der Waals surface area contributed by atoms with Gasteiger partial charge in [0.05, 0.1) is 10.6 Å². The summed E-state index contributed by atoms with van der Waals surface area (Å²) >= 11 is 0. The van der Waals surface area contributed by atoms with Gasteiger partial charge in [0.25, 0.3) is 10.1 Å². The predicted octanol–water partition coefficient (Wildman–Crippen LogP) is -0.231. The minimum absolute atomic E-state index is 0.125. The number of hydrogen-bond donors (Lipinski definition) is 5. The summed E-state index contributed by atoms with van der Waals surface area (Å²) in [6.07, 6.45) is -0.358. The molecule has 0 unspecified atom stereocenters. The quantitative estimate of drug-likeness (QED) is 0.354. The molecule has 0 heterocycles. The maximum Gasteiger partial charge on any atom is 0.320 e. The van der Waals surface area contributed by atoms with Crippen LogP contribution in [-0.2, 0) is 19.7 Å². The van der Waals surface area contributed by atoms with E-state index >= 15 is 0 Å². The second-order valence-corrected chi connectivity index (χ2v) is 5.61. The summed E-state index contributed by atoms with van der Waals surface area (Å²) in [4.78, 5) is 21.6. The van der Waals surface area contributed by atoms with E-state index in [4.69, 9.17) is 15.4 Å². The number of carbonyl (C=O) groups is 2. The Morgan fingerprint density at radius 1 is 1.33 bits per heavy atom. The average molecular weight is 318 g/mol. The molecule has 1 aromatic rings. The fraction of sp³-hybridized carbons (Fsp3) is 0.273. The van der Waals surface area contributed by atoms with E-state index in [1.165, 1.54) is 0 Å². The summed E-state index contributed by atoms with van der Waals surface area (Å²) in [6, 6.07) is 1.62. The minimum atomic E-state index is -4.47. The largest absolute Gasteiger partial charge is 0.506 e. The number of anilines is 1. The van der Waals surface area contributed by atoms with Crippen LogP contribution < -0.4 is 11.1 Å². The number of nitrogens with two attached hydrogens (primary N) is 1. The van der Waals surface area contributed by atoms with Gasteiger partial charge >= 0.3 is 5.97 Å². The van der Waals surface area contributed by atoms with Crippen LogP contribution in [0.4, 0.5) is 5.69 Å². The molecule has 10 heteroatoms. The van der Waals surface area contributed by atoms with Gasteiger partial charge in [-0.15, -0.1) is 0 Å². The van der Waals surface area contributed by atoms with Gasteiger partial charge in [0.2, 0.25) is 5.91 Å². The normalized spacial score (nSPS) is 12.7. The van der Waals surface area contributed by atoms with Crippen molar-refractivity contribution in [2.45, 2.75) is 23.8 Å². The lowest BCUT2D eigenvalue weighted by molar-refractivity contribution is -0.138. The molecule has 21 heavy (non-hydrogen) atoms. The highest BCUT2D eigenvalue weighted by atomic mass is 32.2. The molecule has 0 saturated heterocycles. The Hall–Kier alpha value is -2.17. The van der Waals surface area contributed by atoms with Crippen molar-refractivity contribution in [3.8, 4) is 5.75 Å². The van der Waals surface area contributed by atoms with Crippen LogP contribution in [0.2, 0.25) is 0 Å². The standard InChI is InChI=1S/C11H14N2O7S/c12-7(11(16)17)2-4-10(15)13-8-5-6(21(18,19)20)1-3-9(8)14/h1,3,5,7,14H,2,4,12H2,(H,13,15)(H,16,17)(H,18,19,20)/t7-/m0/s1. The summed E-state index contributed by atoms with van der Waals surface area (Å²) in [5, 5.41) is 20.3. The monoisotopic (exact) mass is 318 g/mol. The van der Waals surface area contributed by atoms with Crippen LogP contribution in [0.15, 0.2) is 23.1 Å². The third-order valence-electron chi connectivity index (χ3n) is 2.54. The number of phenolic OH excluding ortho intramolecular Hbond substituents is 1. The number of aliphatic carboxylic acids is 1. The van der Waals surface area contributed by atoms with Crippen LogP contribution in [0.5, 0.6) is 5.75 Å². The summed E-state index contributed by atoms with van der Waals surface area (Å²) in [6.45, 7) is 0. The SMILES string of the molecule is N[C@@H](CCC(=O)Nc1cc(S(=O)(=O)O)ccc1O)C(=O)O. The number of nitrogens with one attached hydrogen (secondary N) is 1. The second kappa shape index (κ2) is 6.52. The van der Waals surface area contributed by atoms with E-state index < -0.39 is 38.7 Å². The molecule has 0 aliphatic heterocycles. The smallest absolute Gasteiger partial charge is 0.320 e. The first-order chi connectivity index (χ1) is 9.61. The number of benzene rings is 1. The van der Waals surface area contributed by atoms with Crippen LogP contribution in [0, 0.1) is 0 Å². The zero-order chi connectivity index (χ0) is 16.2. The molecule has 1 aromatic carbocycles. The van der Waals surface area contributed by atoms with Crippen LogP contribution in [0.3, 0.4) is 0 Å². The van der Waals surface area contributed by atoms with Crippen molar-refractivity contribution in [1.29, 1.82) is 0 Å². The second-order valence-electron chi connectivity index (χ2n) is 4.19. The van der Waals surface area contributed by atoms with Crippen LogP contribution >= 0.6 is 0 Å². The van der Waals surface area contributed by atoms with Crippen molar-refractivity contribution in [2.24, 2.45) is 5.73 Å². The number of carboxylic acid groups (broad SMARTS) is 1. The van der Waals surface area contributed by atoms with E-state index in [0.717, 1.165) is 18.2 Å². The third-order valence-corrected chi connectivity index (χ3v) is 3.39. The summed E-state index contributed by atoms with van der Waals surface area (Å²) in [5.74, 6) is -2.31. The molecule has 0 radical (unpaired) electrons. The van der Waals surface area contributed by atoms with Gasteiger partial charge in [0, 0.05) is 6.42 Å². The number of rotatable bonds is 6. The minimum Gasteiger partial charge on any atom is -0.506 e. The highest BCUT2D eigenvalue weighted by Gasteiger charge is 2.16. The van der Waals surface area contributed by atoms with E-state index in [0.29, 0.717) is 0 Å². The first-order valence-electron chi connectivity index (χ1n) is 5.70. The molecule has 9 nitrogen and oxygen atoms in total. The van der Waals surface area contributed by atoms with Crippen LogP contribution in [0.1, 0.15) is 12.8 Å². The van der Waals surface area contributed by atoms with Gasteiger partial charge in [0.1, 0.15) is 11.8 Å². The number of hydrogen-bond acceptors (Lipinski definition) is 6. The van der Waals surface area contributed by atoms with Gasteiger partial charge in [-0.25, -0.2) is 0 Å². The third kappa shape index (κ3) is 5.02. The molecule has 0 aliphatic carbocycles. The first-order valence-corrected chi connectivity index (χ1v) is 7.14. The van der Waals surface area contributed by atoms with Crippen molar-refractivity contribution in [2.75, 3.05) is 5.32 Å². The molecule has 0 aliphatic rings. The molecule has 1 atom stereocenters. The topological polar surface area (TPSA) is 167 Å². The van der Waals surface area contributed by atoms with Gasteiger partial charge in [-0.3, -0.25) is 14.1 Å². The van der Waals surface area contributed by atoms with Gasteiger partial charge in [-0.1, -0.05) is 0 Å². The molecular formula is C11H14N2O7S. The molecule has 0 saturated carbocycles. The highest BCUT2D eigenvalue weighted by molar-refractivity contribution is 7.85. The van der Waals surface area contributed by atoms with E-state index in [9.17, 15) is 23.1 Å². The summed E-state index contributed by atoms with van der Waals surface area (Å²) in [5.41, 5.74) is 5.00. The number of carbonyl (C=O) groups excluding carboxylic acids is 1. The lowest BCUT2D eigenvalue weighted by atomic mass is 10.1. The molecule has 0 aromatic heterocycles. The van der Waals surface area contributed by atoms with Gasteiger partial charge < -0.3 is 21.3 Å². The Morgan fingerprint density at radius 3 is 2.48 bits per heavy atom. The average Bonchev–Trinajstić information content (AvgIpc) is 2.37. The Balaban J connectivity index is 2.79. The lowest BCUT2D eigenvalue weighted by Crippen LogP contribution is -2.31. The van der Waals surface area contributed by atoms with Crippen molar-refractivity contribution in [1.82, 2.24) is 0 Å². The van der Waals surface area contributed by atoms with E-state index in [-0.39, 0.29) is 18.5 Å². The Labute approximate surface area is 120 Å². The molecule has 1 amide bonds. The van der Waals surface area contributed by atoms with Crippen molar-refractivity contribution in [3.05, 3.63) is 18.2 Å². The van der Waals surface area contributed by atoms with Crippen molar-refractivity contribution >= 4 is 27.7 Å². The maximum atomic E-state index is 11.6. The Morgan fingerprint density at radius 2 is 1.95 bits per heavy atom. The number of amides is 1. The highest BCUT2D eigenvalue weighted by Crippen LogP contribution is 2.26. The summed E-state index contributed by atoms with van der Waals surface area (Å²) < 4.78 is 30.8. The zero-order valence-corrected chi connectivity index (χ0v) is 11.5. The number of phenols is 1. The predicted molar refractivity (Wildman–Crippen MR) is 71.4 cm³/mol. The maximum absolute atomic E-state index is 11.6. The molecule has 0 spiro atoms. The number of carboxylic acids is 1.